The van der Waals surface area contributed by atoms with E-state index in [0.29, 0.717) is 10.8 Å². The van der Waals surface area contributed by atoms with Gasteiger partial charge in [-0.15, -0.1) is 0 Å². The summed E-state index contributed by atoms with van der Waals surface area (Å²) in [7, 11) is 1.76. The predicted molar refractivity (Wildman–Crippen MR) is 93.4 cm³/mol. The molecule has 2 nitrogen and oxygen atoms in total. The molecule has 0 radical (unpaired) electrons. The highest BCUT2D eigenvalue weighted by molar-refractivity contribution is 8.00. The molecule has 0 bridgehead atoms. The van der Waals surface area contributed by atoms with Gasteiger partial charge in [0.2, 0.25) is 0 Å². The number of ether oxygens (including phenoxy) is 1. The second kappa shape index (κ2) is 8.09. The molecule has 1 saturated carbocycles. The first-order valence-corrected chi connectivity index (χ1v) is 9.38. The highest BCUT2D eigenvalue weighted by Gasteiger charge is 2.31. The molecule has 0 spiro atoms. The van der Waals surface area contributed by atoms with Crippen molar-refractivity contribution in [3.63, 3.8) is 0 Å². The van der Waals surface area contributed by atoms with Crippen molar-refractivity contribution in [1.82, 2.24) is 5.32 Å². The third-order valence-corrected chi connectivity index (χ3v) is 6.21. The zero-order valence-electron chi connectivity index (χ0n) is 13.7. The van der Waals surface area contributed by atoms with Gasteiger partial charge in [0.25, 0.3) is 0 Å². The molecule has 21 heavy (non-hydrogen) atoms. The average Bonchev–Trinajstić information content (AvgIpc) is 2.56. The summed E-state index contributed by atoms with van der Waals surface area (Å²) in [5.74, 6) is 0.999. The number of hydrogen-bond donors (Lipinski definition) is 1. The van der Waals surface area contributed by atoms with E-state index in [1.165, 1.54) is 37.7 Å². The highest BCUT2D eigenvalue weighted by atomic mass is 32.2. The molecule has 1 aliphatic carbocycles. The van der Waals surface area contributed by atoms with Gasteiger partial charge < -0.3 is 10.1 Å². The maximum atomic E-state index is 5.53. The molecule has 1 aromatic carbocycles. The lowest BCUT2D eigenvalue weighted by Gasteiger charge is -2.37. The van der Waals surface area contributed by atoms with E-state index < -0.39 is 0 Å². The molecule has 1 aliphatic rings. The van der Waals surface area contributed by atoms with Crippen molar-refractivity contribution in [3.05, 3.63) is 29.8 Å². The fourth-order valence-electron chi connectivity index (χ4n) is 3.39. The van der Waals surface area contributed by atoms with Gasteiger partial charge >= 0.3 is 0 Å². The fraction of sp³-hybridized carbons (Fsp3) is 0.667. The molecule has 0 amide bonds. The van der Waals surface area contributed by atoms with Crippen LogP contribution in [0.25, 0.3) is 0 Å². The van der Waals surface area contributed by atoms with Gasteiger partial charge in [-0.2, -0.15) is 11.8 Å². The van der Waals surface area contributed by atoms with Crippen molar-refractivity contribution in [2.75, 3.05) is 19.9 Å². The van der Waals surface area contributed by atoms with Gasteiger partial charge in [0, 0.05) is 22.9 Å². The first kappa shape index (κ1) is 16.7. The SMILES string of the molecule is CCC(NCC1(SC)CCCCC1)c1ccccc1OC. The maximum absolute atomic E-state index is 5.53. The van der Waals surface area contributed by atoms with Gasteiger partial charge in [0.05, 0.1) is 7.11 Å². The Morgan fingerprint density at radius 2 is 1.95 bits per heavy atom. The van der Waals surface area contributed by atoms with E-state index in [9.17, 15) is 0 Å². The van der Waals surface area contributed by atoms with E-state index in [0.717, 1.165) is 18.7 Å². The van der Waals surface area contributed by atoms with Gasteiger partial charge in [0.1, 0.15) is 5.75 Å². The number of benzene rings is 1. The number of para-hydroxylation sites is 1. The molecule has 1 aromatic rings. The normalized spacial score (nSPS) is 19.2. The minimum absolute atomic E-state index is 0.382. The monoisotopic (exact) mass is 307 g/mol. The number of methoxy groups -OCH3 is 1. The molecule has 2 rings (SSSR count). The standard InChI is InChI=1S/C18H29NOS/c1-4-16(15-10-6-7-11-17(15)20-2)19-14-18(21-3)12-8-5-9-13-18/h6-7,10-11,16,19H,4-5,8-9,12-14H2,1-3H3. The molecule has 1 atom stereocenters. The number of thioether (sulfide) groups is 1. The van der Waals surface area contributed by atoms with Crippen LogP contribution in [0.4, 0.5) is 0 Å². The summed E-state index contributed by atoms with van der Waals surface area (Å²) in [5.41, 5.74) is 1.29. The quantitative estimate of drug-likeness (QED) is 0.781. The molecule has 1 N–H and O–H groups in total. The zero-order chi connectivity index (χ0) is 15.1. The Balaban J connectivity index is 2.05. The highest BCUT2D eigenvalue weighted by Crippen LogP contribution is 2.39. The molecule has 3 heteroatoms. The van der Waals surface area contributed by atoms with E-state index in [4.69, 9.17) is 4.74 Å². The van der Waals surface area contributed by atoms with E-state index >= 15 is 0 Å². The smallest absolute Gasteiger partial charge is 0.123 e. The van der Waals surface area contributed by atoms with Crippen molar-refractivity contribution in [2.24, 2.45) is 0 Å². The second-order valence-electron chi connectivity index (χ2n) is 6.03. The predicted octanol–water partition coefficient (Wildman–Crippen LogP) is 4.80. The van der Waals surface area contributed by atoms with Crippen molar-refractivity contribution in [1.29, 1.82) is 0 Å². The number of hydrogen-bond acceptors (Lipinski definition) is 3. The Bertz CT molecular complexity index is 429. The lowest BCUT2D eigenvalue weighted by Crippen LogP contribution is -2.40. The van der Waals surface area contributed by atoms with E-state index in [1.54, 1.807) is 7.11 Å². The van der Waals surface area contributed by atoms with Gasteiger partial charge in [-0.3, -0.25) is 0 Å². The van der Waals surface area contributed by atoms with Crippen LogP contribution in [0.15, 0.2) is 24.3 Å². The summed E-state index contributed by atoms with van der Waals surface area (Å²) in [5, 5.41) is 3.82. The van der Waals surface area contributed by atoms with Crippen LogP contribution in [0.2, 0.25) is 0 Å². The Morgan fingerprint density at radius 1 is 1.24 bits per heavy atom. The van der Waals surface area contributed by atoms with Crippen LogP contribution in [-0.4, -0.2) is 24.7 Å². The fourth-order valence-corrected chi connectivity index (χ4v) is 4.31. The van der Waals surface area contributed by atoms with Crippen LogP contribution in [0.3, 0.4) is 0 Å². The Labute approximate surface area is 134 Å². The Hall–Kier alpha value is -0.670. The Morgan fingerprint density at radius 3 is 2.57 bits per heavy atom. The molecular formula is C18H29NOS. The second-order valence-corrected chi connectivity index (χ2v) is 7.31. The summed E-state index contributed by atoms with van der Waals surface area (Å²) < 4.78 is 5.96. The van der Waals surface area contributed by atoms with Crippen molar-refractivity contribution >= 4 is 11.8 Å². The molecule has 0 aromatic heterocycles. The van der Waals surface area contributed by atoms with Crippen LogP contribution in [-0.2, 0) is 0 Å². The van der Waals surface area contributed by atoms with Crippen LogP contribution in [0, 0.1) is 0 Å². The first-order chi connectivity index (χ1) is 10.2. The average molecular weight is 308 g/mol. The summed E-state index contributed by atoms with van der Waals surface area (Å²) in [6.45, 7) is 3.35. The van der Waals surface area contributed by atoms with Crippen LogP contribution in [0.1, 0.15) is 57.1 Å². The summed E-state index contributed by atoms with van der Waals surface area (Å²) in [6, 6.07) is 8.77. The zero-order valence-corrected chi connectivity index (χ0v) is 14.5. The molecule has 1 fully saturated rings. The van der Waals surface area contributed by atoms with Crippen molar-refractivity contribution < 1.29 is 4.74 Å². The van der Waals surface area contributed by atoms with Crippen LogP contribution < -0.4 is 10.1 Å². The number of rotatable bonds is 7. The third kappa shape index (κ3) is 4.17. The minimum atomic E-state index is 0.382. The van der Waals surface area contributed by atoms with Crippen molar-refractivity contribution in [2.45, 2.75) is 56.2 Å². The summed E-state index contributed by atoms with van der Waals surface area (Å²) in [4.78, 5) is 0. The molecule has 1 unspecified atom stereocenters. The topological polar surface area (TPSA) is 21.3 Å². The van der Waals surface area contributed by atoms with Gasteiger partial charge in [-0.25, -0.2) is 0 Å². The lowest BCUT2D eigenvalue weighted by atomic mass is 9.87. The van der Waals surface area contributed by atoms with Gasteiger partial charge in [-0.1, -0.05) is 44.4 Å². The largest absolute Gasteiger partial charge is 0.496 e. The van der Waals surface area contributed by atoms with E-state index in [2.05, 4.69) is 48.5 Å². The molecular weight excluding hydrogens is 278 g/mol. The number of nitrogens with one attached hydrogen (secondary N) is 1. The molecule has 0 aliphatic heterocycles. The first-order valence-electron chi connectivity index (χ1n) is 8.16. The maximum Gasteiger partial charge on any atom is 0.123 e. The molecule has 118 valence electrons. The van der Waals surface area contributed by atoms with E-state index in [-0.39, 0.29) is 0 Å². The summed E-state index contributed by atoms with van der Waals surface area (Å²) in [6.07, 6.45) is 10.2. The van der Waals surface area contributed by atoms with Gasteiger partial charge in [0.15, 0.2) is 0 Å². The lowest BCUT2D eigenvalue weighted by molar-refractivity contribution is 0.352. The minimum Gasteiger partial charge on any atom is -0.496 e. The van der Waals surface area contributed by atoms with Crippen LogP contribution >= 0.6 is 11.8 Å². The van der Waals surface area contributed by atoms with E-state index in [1.807, 2.05) is 6.07 Å². The summed E-state index contributed by atoms with van der Waals surface area (Å²) >= 11 is 2.06. The molecule has 0 heterocycles. The molecule has 0 saturated heterocycles. The van der Waals surface area contributed by atoms with Crippen LogP contribution in [0.5, 0.6) is 5.75 Å². The van der Waals surface area contributed by atoms with Gasteiger partial charge in [-0.05, 0) is 31.6 Å². The third-order valence-electron chi connectivity index (χ3n) is 4.79. The van der Waals surface area contributed by atoms with Crippen molar-refractivity contribution in [3.8, 4) is 5.75 Å². The Kier molecular flexibility index (Phi) is 6.43.